The number of benzene rings is 2. The lowest BCUT2D eigenvalue weighted by atomic mass is 10.2. The Morgan fingerprint density at radius 1 is 1.12 bits per heavy atom. The zero-order valence-corrected chi connectivity index (χ0v) is 12.3. The molecule has 2 aromatic rings. The highest BCUT2D eigenvalue weighted by atomic mass is 16.6. The molecule has 8 nitrogen and oxygen atoms in total. The molecule has 0 fully saturated rings. The van der Waals surface area contributed by atoms with Crippen LogP contribution in [0.15, 0.2) is 60.3 Å². The number of nitrogens with zero attached hydrogens (tertiary/aromatic N) is 2. The molecule has 0 saturated heterocycles. The monoisotopic (exact) mass is 324 g/mol. The number of amides is 1. The van der Waals surface area contributed by atoms with Crippen molar-refractivity contribution < 1.29 is 14.8 Å². The summed E-state index contributed by atoms with van der Waals surface area (Å²) in [5.41, 5.74) is 0.638. The number of nitrogens with one attached hydrogen (secondary N) is 2. The summed E-state index contributed by atoms with van der Waals surface area (Å²) in [7, 11) is 0. The van der Waals surface area contributed by atoms with E-state index in [4.69, 9.17) is 5.26 Å². The first-order valence-corrected chi connectivity index (χ1v) is 6.71. The summed E-state index contributed by atoms with van der Waals surface area (Å²) in [6.07, 6.45) is 1.23. The van der Waals surface area contributed by atoms with E-state index >= 15 is 0 Å². The Morgan fingerprint density at radius 3 is 2.25 bits per heavy atom. The smallest absolute Gasteiger partial charge is 0.269 e. The van der Waals surface area contributed by atoms with Gasteiger partial charge in [-0.05, 0) is 36.4 Å². The molecule has 3 N–H and O–H groups in total. The van der Waals surface area contributed by atoms with E-state index in [-0.39, 0.29) is 17.0 Å². The summed E-state index contributed by atoms with van der Waals surface area (Å²) in [6.45, 7) is 0. The standard InChI is InChI=1S/C16H12N4O4/c17-9-11(10-18-12-3-7-15(21)8-4-12)16(22)19-13-1-5-14(6-2-13)20(23)24/h1-8,10,18,21H,(H,19,22)/b11-10-. The number of nitriles is 1. The summed E-state index contributed by atoms with van der Waals surface area (Å²) in [5, 5.41) is 34.1. The number of non-ortho nitro benzene ring substituents is 1. The molecule has 0 saturated carbocycles. The Balaban J connectivity index is 2.05. The highest BCUT2D eigenvalue weighted by Gasteiger charge is 2.10. The van der Waals surface area contributed by atoms with E-state index in [0.29, 0.717) is 11.4 Å². The number of hydrogen-bond donors (Lipinski definition) is 3. The number of hydrogen-bond acceptors (Lipinski definition) is 6. The minimum atomic E-state index is -0.655. The first-order chi connectivity index (χ1) is 11.5. The van der Waals surface area contributed by atoms with Crippen molar-refractivity contribution in [3.8, 4) is 11.8 Å². The van der Waals surface area contributed by atoms with Crippen molar-refractivity contribution in [1.82, 2.24) is 0 Å². The number of aromatic hydroxyl groups is 1. The van der Waals surface area contributed by atoms with Gasteiger partial charge in [0.15, 0.2) is 0 Å². The van der Waals surface area contributed by atoms with Crippen LogP contribution in [0.2, 0.25) is 0 Å². The van der Waals surface area contributed by atoms with Crippen LogP contribution in [0.3, 0.4) is 0 Å². The third-order valence-corrected chi connectivity index (χ3v) is 2.95. The number of anilines is 2. The molecule has 0 radical (unpaired) electrons. The summed E-state index contributed by atoms with van der Waals surface area (Å²) in [5.74, 6) is -0.557. The average molecular weight is 324 g/mol. The van der Waals surface area contributed by atoms with Crippen LogP contribution in [0, 0.1) is 21.4 Å². The van der Waals surface area contributed by atoms with Crippen LogP contribution < -0.4 is 10.6 Å². The number of nitro groups is 1. The van der Waals surface area contributed by atoms with Gasteiger partial charge in [-0.2, -0.15) is 5.26 Å². The van der Waals surface area contributed by atoms with Crippen molar-refractivity contribution in [1.29, 1.82) is 5.26 Å². The van der Waals surface area contributed by atoms with Crippen LogP contribution >= 0.6 is 0 Å². The summed E-state index contributed by atoms with van der Waals surface area (Å²) >= 11 is 0. The van der Waals surface area contributed by atoms with E-state index in [1.165, 1.54) is 42.6 Å². The number of carbonyl (C=O) groups excluding carboxylic acids is 1. The molecule has 0 aromatic heterocycles. The molecule has 2 rings (SSSR count). The first-order valence-electron chi connectivity index (χ1n) is 6.71. The number of phenolic OH excluding ortho intramolecular Hbond substituents is 1. The Bertz CT molecular complexity index is 821. The summed E-state index contributed by atoms with van der Waals surface area (Å²) in [4.78, 5) is 22.0. The van der Waals surface area contributed by atoms with Crippen molar-refractivity contribution in [2.75, 3.05) is 10.6 Å². The lowest BCUT2D eigenvalue weighted by molar-refractivity contribution is -0.384. The quantitative estimate of drug-likeness (QED) is 0.255. The van der Waals surface area contributed by atoms with Crippen LogP contribution in [0.4, 0.5) is 17.1 Å². The normalized spacial score (nSPS) is 10.5. The first kappa shape index (κ1) is 16.5. The molecule has 1 amide bonds. The molecule has 0 spiro atoms. The van der Waals surface area contributed by atoms with Gasteiger partial charge in [-0.25, -0.2) is 0 Å². The van der Waals surface area contributed by atoms with Gasteiger partial charge in [-0.3, -0.25) is 14.9 Å². The highest BCUT2D eigenvalue weighted by molar-refractivity contribution is 6.06. The molecule has 8 heteroatoms. The maximum absolute atomic E-state index is 12.0. The molecule has 0 atom stereocenters. The van der Waals surface area contributed by atoms with Gasteiger partial charge in [0, 0.05) is 29.7 Å². The largest absolute Gasteiger partial charge is 0.508 e. The molecular weight excluding hydrogens is 312 g/mol. The Kier molecular flexibility index (Phi) is 5.10. The number of rotatable bonds is 5. The molecule has 2 aromatic carbocycles. The van der Waals surface area contributed by atoms with Crippen LogP contribution in [-0.2, 0) is 4.79 Å². The van der Waals surface area contributed by atoms with Gasteiger partial charge in [0.1, 0.15) is 17.4 Å². The zero-order chi connectivity index (χ0) is 17.5. The van der Waals surface area contributed by atoms with Gasteiger partial charge in [-0.1, -0.05) is 0 Å². The number of carbonyl (C=O) groups is 1. The second-order valence-corrected chi connectivity index (χ2v) is 4.62. The molecule has 0 aliphatic heterocycles. The van der Waals surface area contributed by atoms with E-state index in [1.807, 2.05) is 0 Å². The Morgan fingerprint density at radius 2 is 1.71 bits per heavy atom. The molecular formula is C16H12N4O4. The van der Waals surface area contributed by atoms with Crippen molar-refractivity contribution in [2.45, 2.75) is 0 Å². The molecule has 0 heterocycles. The number of phenols is 1. The van der Waals surface area contributed by atoms with Gasteiger partial charge in [-0.15, -0.1) is 0 Å². The lowest BCUT2D eigenvalue weighted by Gasteiger charge is -2.05. The second kappa shape index (κ2) is 7.42. The fourth-order valence-electron chi connectivity index (χ4n) is 1.73. The molecule has 24 heavy (non-hydrogen) atoms. The van der Waals surface area contributed by atoms with Gasteiger partial charge in [0.05, 0.1) is 4.92 Å². The van der Waals surface area contributed by atoms with E-state index in [9.17, 15) is 20.0 Å². The zero-order valence-electron chi connectivity index (χ0n) is 12.3. The van der Waals surface area contributed by atoms with Crippen LogP contribution in [0.25, 0.3) is 0 Å². The fraction of sp³-hybridized carbons (Fsp3) is 0. The Hall–Kier alpha value is -3.86. The Labute approximate surface area is 136 Å². The third kappa shape index (κ3) is 4.32. The third-order valence-electron chi connectivity index (χ3n) is 2.95. The van der Waals surface area contributed by atoms with Crippen molar-refractivity contribution in [3.05, 3.63) is 70.4 Å². The van der Waals surface area contributed by atoms with Gasteiger partial charge < -0.3 is 15.7 Å². The molecule has 0 unspecified atom stereocenters. The van der Waals surface area contributed by atoms with E-state index in [2.05, 4.69) is 10.6 Å². The minimum Gasteiger partial charge on any atom is -0.508 e. The summed E-state index contributed by atoms with van der Waals surface area (Å²) in [6, 6.07) is 13.1. The van der Waals surface area contributed by atoms with Crippen LogP contribution in [0.1, 0.15) is 0 Å². The van der Waals surface area contributed by atoms with Crippen molar-refractivity contribution >= 4 is 23.0 Å². The van der Waals surface area contributed by atoms with E-state index in [0.717, 1.165) is 0 Å². The lowest BCUT2D eigenvalue weighted by Crippen LogP contribution is -2.14. The maximum atomic E-state index is 12.0. The molecule has 0 aliphatic rings. The van der Waals surface area contributed by atoms with E-state index < -0.39 is 10.8 Å². The molecule has 0 aliphatic carbocycles. The van der Waals surface area contributed by atoms with Gasteiger partial charge >= 0.3 is 0 Å². The maximum Gasteiger partial charge on any atom is 0.269 e. The van der Waals surface area contributed by atoms with E-state index in [1.54, 1.807) is 18.2 Å². The van der Waals surface area contributed by atoms with Crippen molar-refractivity contribution in [2.24, 2.45) is 0 Å². The van der Waals surface area contributed by atoms with Gasteiger partial charge in [0.2, 0.25) is 0 Å². The SMILES string of the molecule is N#C/C(=C/Nc1ccc(O)cc1)C(=O)Nc1ccc([N+](=O)[O-])cc1. The van der Waals surface area contributed by atoms with Gasteiger partial charge in [0.25, 0.3) is 11.6 Å². The molecule has 0 bridgehead atoms. The highest BCUT2D eigenvalue weighted by Crippen LogP contribution is 2.17. The van der Waals surface area contributed by atoms with Crippen LogP contribution in [-0.4, -0.2) is 15.9 Å². The predicted molar refractivity (Wildman–Crippen MR) is 87.2 cm³/mol. The average Bonchev–Trinajstić information content (AvgIpc) is 2.57. The van der Waals surface area contributed by atoms with Crippen LogP contribution in [0.5, 0.6) is 5.75 Å². The summed E-state index contributed by atoms with van der Waals surface area (Å²) < 4.78 is 0. The predicted octanol–water partition coefficient (Wildman–Crippen LogP) is 2.76. The molecule has 120 valence electrons. The fourth-order valence-corrected chi connectivity index (χ4v) is 1.73. The second-order valence-electron chi connectivity index (χ2n) is 4.62. The number of nitro benzene ring substituents is 1. The minimum absolute atomic E-state index is 0.0981. The topological polar surface area (TPSA) is 128 Å². The van der Waals surface area contributed by atoms with Crippen molar-refractivity contribution in [3.63, 3.8) is 0 Å².